The van der Waals surface area contributed by atoms with Gasteiger partial charge in [-0.25, -0.2) is 0 Å². The number of esters is 1. The lowest BCUT2D eigenvalue weighted by molar-refractivity contribution is -0.150. The Morgan fingerprint density at radius 1 is 1.08 bits per heavy atom. The van der Waals surface area contributed by atoms with Crippen molar-refractivity contribution >= 4 is 46.8 Å². The van der Waals surface area contributed by atoms with Gasteiger partial charge in [0.15, 0.2) is 0 Å². The standard InChI is InChI=1S/C25H24ClN3O7S/c1-33-17-8-6-5-7-13(17)21-14(11-27)24(29-23(31)22(21)25(32)36-4)37-12-20(30)28-16-10-18(34-2)15(26)9-19(16)35-3/h5-10,21-22H,12H2,1-4H3,(H,28,30)(H,29,31)/t21-,22+/m1/s1. The Morgan fingerprint density at radius 3 is 2.38 bits per heavy atom. The summed E-state index contributed by atoms with van der Waals surface area (Å²) in [6.07, 6.45) is 0. The van der Waals surface area contributed by atoms with Crippen LogP contribution in [0.5, 0.6) is 17.2 Å². The first-order valence-corrected chi connectivity index (χ1v) is 12.2. The van der Waals surface area contributed by atoms with E-state index in [9.17, 15) is 19.6 Å². The molecule has 2 amide bonds. The molecule has 0 saturated carbocycles. The summed E-state index contributed by atoms with van der Waals surface area (Å²) in [4.78, 5) is 38.4. The van der Waals surface area contributed by atoms with Gasteiger partial charge in [0, 0.05) is 23.6 Å². The molecule has 0 unspecified atom stereocenters. The number of carbonyl (C=O) groups excluding carboxylic acids is 3. The summed E-state index contributed by atoms with van der Waals surface area (Å²) in [6, 6.07) is 11.9. The Morgan fingerprint density at radius 2 is 1.76 bits per heavy atom. The Labute approximate surface area is 222 Å². The molecule has 1 aliphatic rings. The maximum absolute atomic E-state index is 13.0. The molecule has 0 radical (unpaired) electrons. The maximum Gasteiger partial charge on any atom is 0.319 e. The number of anilines is 1. The van der Waals surface area contributed by atoms with Crippen LogP contribution in [0, 0.1) is 17.2 Å². The van der Waals surface area contributed by atoms with E-state index in [1.54, 1.807) is 24.3 Å². The van der Waals surface area contributed by atoms with Crippen LogP contribution < -0.4 is 24.8 Å². The van der Waals surface area contributed by atoms with Crippen molar-refractivity contribution in [2.24, 2.45) is 5.92 Å². The third-order valence-electron chi connectivity index (χ3n) is 5.55. The van der Waals surface area contributed by atoms with E-state index in [1.165, 1.54) is 40.6 Å². The van der Waals surface area contributed by atoms with Crippen molar-refractivity contribution in [3.05, 3.63) is 57.6 Å². The van der Waals surface area contributed by atoms with Crippen molar-refractivity contribution < 1.29 is 33.3 Å². The predicted octanol–water partition coefficient (Wildman–Crippen LogP) is 3.48. The van der Waals surface area contributed by atoms with Crippen LogP contribution in [0.25, 0.3) is 0 Å². The van der Waals surface area contributed by atoms with Gasteiger partial charge in [-0.1, -0.05) is 41.6 Å². The normalized spacial score (nSPS) is 16.8. The maximum atomic E-state index is 13.0. The zero-order valence-corrected chi connectivity index (χ0v) is 22.0. The molecule has 2 N–H and O–H groups in total. The first kappa shape index (κ1) is 27.7. The number of rotatable bonds is 9. The van der Waals surface area contributed by atoms with Gasteiger partial charge < -0.3 is 29.6 Å². The number of halogens is 1. The zero-order valence-electron chi connectivity index (χ0n) is 20.4. The third-order valence-corrected chi connectivity index (χ3v) is 6.87. The molecule has 10 nitrogen and oxygen atoms in total. The average molecular weight is 546 g/mol. The number of amides is 2. The van der Waals surface area contributed by atoms with Gasteiger partial charge in [0.2, 0.25) is 11.8 Å². The number of carbonyl (C=O) groups is 3. The van der Waals surface area contributed by atoms with Crippen LogP contribution in [-0.4, -0.2) is 52.0 Å². The highest BCUT2D eigenvalue weighted by atomic mass is 35.5. The average Bonchev–Trinajstić information content (AvgIpc) is 2.91. The number of allylic oxidation sites excluding steroid dienone is 1. The highest BCUT2D eigenvalue weighted by molar-refractivity contribution is 8.03. The molecule has 3 rings (SSSR count). The molecule has 194 valence electrons. The van der Waals surface area contributed by atoms with Crippen LogP contribution in [0.1, 0.15) is 11.5 Å². The molecule has 2 atom stereocenters. The molecular weight excluding hydrogens is 522 g/mol. The predicted molar refractivity (Wildman–Crippen MR) is 138 cm³/mol. The molecular formula is C25H24ClN3O7S. The Kier molecular flexibility index (Phi) is 9.27. The van der Waals surface area contributed by atoms with Crippen LogP contribution >= 0.6 is 23.4 Å². The van der Waals surface area contributed by atoms with Gasteiger partial charge in [-0.3, -0.25) is 14.4 Å². The van der Waals surface area contributed by atoms with Crippen LogP contribution in [0.2, 0.25) is 5.02 Å². The molecule has 37 heavy (non-hydrogen) atoms. The van der Waals surface area contributed by atoms with Gasteiger partial charge in [-0.2, -0.15) is 5.26 Å². The second-order valence-electron chi connectivity index (χ2n) is 7.59. The molecule has 0 bridgehead atoms. The van der Waals surface area contributed by atoms with Crippen LogP contribution in [0.3, 0.4) is 0 Å². The summed E-state index contributed by atoms with van der Waals surface area (Å²) in [6.45, 7) is 0. The number of nitrogens with one attached hydrogen (secondary N) is 2. The molecule has 0 aliphatic carbocycles. The van der Waals surface area contributed by atoms with Crippen molar-refractivity contribution in [3.63, 3.8) is 0 Å². The van der Waals surface area contributed by atoms with Gasteiger partial charge in [-0.15, -0.1) is 0 Å². The first-order valence-electron chi connectivity index (χ1n) is 10.8. The number of ether oxygens (including phenoxy) is 4. The molecule has 1 aliphatic heterocycles. The summed E-state index contributed by atoms with van der Waals surface area (Å²) < 4.78 is 20.7. The monoisotopic (exact) mass is 545 g/mol. The first-order chi connectivity index (χ1) is 17.8. The molecule has 0 aromatic heterocycles. The lowest BCUT2D eigenvalue weighted by Gasteiger charge is -2.31. The van der Waals surface area contributed by atoms with Crippen molar-refractivity contribution in [3.8, 4) is 23.3 Å². The van der Waals surface area contributed by atoms with E-state index in [0.717, 1.165) is 11.8 Å². The number of nitrogens with zero attached hydrogens (tertiary/aromatic N) is 1. The van der Waals surface area contributed by atoms with Crippen molar-refractivity contribution in [1.82, 2.24) is 5.32 Å². The van der Waals surface area contributed by atoms with E-state index in [-0.39, 0.29) is 16.4 Å². The largest absolute Gasteiger partial charge is 0.496 e. The Hall–Kier alpha value is -3.88. The smallest absolute Gasteiger partial charge is 0.319 e. The van der Waals surface area contributed by atoms with E-state index in [4.69, 9.17) is 30.5 Å². The van der Waals surface area contributed by atoms with Gasteiger partial charge in [0.05, 0.1) is 61.6 Å². The van der Waals surface area contributed by atoms with E-state index < -0.39 is 29.6 Å². The van der Waals surface area contributed by atoms with E-state index in [2.05, 4.69) is 16.7 Å². The van der Waals surface area contributed by atoms with E-state index in [1.807, 2.05) is 0 Å². The fourth-order valence-electron chi connectivity index (χ4n) is 3.86. The fraction of sp³-hybridized carbons (Fsp3) is 0.280. The van der Waals surface area contributed by atoms with Crippen LogP contribution in [0.4, 0.5) is 5.69 Å². The zero-order chi connectivity index (χ0) is 27.1. The molecule has 0 saturated heterocycles. The fourth-order valence-corrected chi connectivity index (χ4v) is 4.94. The topological polar surface area (TPSA) is 136 Å². The van der Waals surface area contributed by atoms with Gasteiger partial charge in [0.25, 0.3) is 0 Å². The minimum absolute atomic E-state index is 0.100. The number of hydrogen-bond acceptors (Lipinski definition) is 9. The molecule has 12 heteroatoms. The second-order valence-corrected chi connectivity index (χ2v) is 8.98. The van der Waals surface area contributed by atoms with Crippen molar-refractivity contribution in [2.45, 2.75) is 5.92 Å². The SMILES string of the molecule is COC(=O)[C@@H]1C(=O)NC(SCC(=O)Nc2cc(OC)c(Cl)cc2OC)=C(C#N)[C@H]1c1ccccc1OC. The molecule has 1 heterocycles. The number of nitriles is 1. The number of para-hydroxylation sites is 1. The summed E-state index contributed by atoms with van der Waals surface area (Å²) in [5.74, 6) is -3.31. The molecule has 0 spiro atoms. The van der Waals surface area contributed by atoms with E-state index in [0.29, 0.717) is 33.5 Å². The van der Waals surface area contributed by atoms with Gasteiger partial charge in [-0.05, 0) is 6.07 Å². The van der Waals surface area contributed by atoms with Crippen molar-refractivity contribution in [2.75, 3.05) is 39.5 Å². The summed E-state index contributed by atoms with van der Waals surface area (Å²) in [5.41, 5.74) is 0.893. The van der Waals surface area contributed by atoms with Gasteiger partial charge in [0.1, 0.15) is 23.2 Å². The van der Waals surface area contributed by atoms with Gasteiger partial charge >= 0.3 is 5.97 Å². The summed E-state index contributed by atoms with van der Waals surface area (Å²) in [5, 5.41) is 15.8. The molecule has 2 aromatic carbocycles. The lowest BCUT2D eigenvalue weighted by Crippen LogP contribution is -2.44. The minimum Gasteiger partial charge on any atom is -0.496 e. The number of thioether (sulfide) groups is 1. The lowest BCUT2D eigenvalue weighted by atomic mass is 9.78. The number of benzene rings is 2. The van der Waals surface area contributed by atoms with Crippen LogP contribution in [-0.2, 0) is 19.1 Å². The van der Waals surface area contributed by atoms with E-state index >= 15 is 0 Å². The highest BCUT2D eigenvalue weighted by Gasteiger charge is 2.45. The second kappa shape index (κ2) is 12.4. The number of methoxy groups -OCH3 is 4. The number of hydrogen-bond donors (Lipinski definition) is 2. The Bertz CT molecular complexity index is 1290. The highest BCUT2D eigenvalue weighted by Crippen LogP contribution is 2.43. The third kappa shape index (κ3) is 5.93. The summed E-state index contributed by atoms with van der Waals surface area (Å²) in [7, 11) is 5.49. The Balaban J connectivity index is 1.93. The summed E-state index contributed by atoms with van der Waals surface area (Å²) >= 11 is 7.06. The minimum atomic E-state index is -1.32. The molecule has 0 fully saturated rings. The van der Waals surface area contributed by atoms with Crippen molar-refractivity contribution in [1.29, 1.82) is 5.26 Å². The van der Waals surface area contributed by atoms with Crippen LogP contribution in [0.15, 0.2) is 47.0 Å². The molecule has 2 aromatic rings. The quantitative estimate of drug-likeness (QED) is 0.358.